The normalized spacial score (nSPS) is 21.7. The Morgan fingerprint density at radius 3 is 2.89 bits per heavy atom. The molecule has 6 nitrogen and oxygen atoms in total. The molecule has 0 amide bonds. The fourth-order valence-electron chi connectivity index (χ4n) is 4.32. The summed E-state index contributed by atoms with van der Waals surface area (Å²) in [4.78, 5) is 6.90. The van der Waals surface area contributed by atoms with E-state index in [1.165, 1.54) is 12.1 Å². The molecule has 0 aliphatic carbocycles. The average molecular weight is 498 g/mol. The molecule has 1 aromatic carbocycles. The van der Waals surface area contributed by atoms with Gasteiger partial charge in [0.05, 0.1) is 18.0 Å². The Balaban J connectivity index is 1.66. The molecule has 3 heterocycles. The minimum absolute atomic E-state index is 0.220. The SMILES string of the molecule is CC=C(c1ccc2cc(F)cc(OC3CCNCC3F)c2n1)N1C=CC(OCCOC)=CC1=CCC. The maximum absolute atomic E-state index is 14.4. The number of nitrogens with one attached hydrogen (secondary N) is 1. The van der Waals surface area contributed by atoms with Gasteiger partial charge in [-0.15, -0.1) is 0 Å². The number of hydrogen-bond acceptors (Lipinski definition) is 6. The standard InChI is InChI=1S/C28H33F2N3O3/c1-4-6-21-17-22(35-14-13-34-3)10-12-33(21)25(5-2)24-8-7-19-15-20(29)16-27(28(19)32-24)36-26-9-11-31-18-23(26)30/h5-8,10,12,15-17,23,26,31H,4,9,11,13-14,18H2,1-3H3. The van der Waals surface area contributed by atoms with E-state index in [4.69, 9.17) is 19.2 Å². The number of alkyl halides is 1. The number of ether oxygens (including phenoxy) is 3. The first-order valence-electron chi connectivity index (χ1n) is 12.3. The van der Waals surface area contributed by atoms with E-state index < -0.39 is 18.1 Å². The maximum atomic E-state index is 14.4. The third-order valence-electron chi connectivity index (χ3n) is 6.07. The van der Waals surface area contributed by atoms with Gasteiger partial charge in [-0.25, -0.2) is 13.8 Å². The van der Waals surface area contributed by atoms with E-state index >= 15 is 0 Å². The second kappa shape index (κ2) is 12.1. The Labute approximate surface area is 210 Å². The van der Waals surface area contributed by atoms with Crippen molar-refractivity contribution < 1.29 is 23.0 Å². The lowest BCUT2D eigenvalue weighted by atomic mass is 10.1. The van der Waals surface area contributed by atoms with E-state index in [9.17, 15) is 8.78 Å². The lowest BCUT2D eigenvalue weighted by Crippen LogP contribution is -2.44. The summed E-state index contributed by atoms with van der Waals surface area (Å²) in [6.07, 6.45) is 9.42. The van der Waals surface area contributed by atoms with Crippen molar-refractivity contribution in [1.82, 2.24) is 15.2 Å². The molecule has 1 fully saturated rings. The topological polar surface area (TPSA) is 55.9 Å². The second-order valence-electron chi connectivity index (χ2n) is 8.62. The van der Waals surface area contributed by atoms with Crippen molar-refractivity contribution in [1.29, 1.82) is 0 Å². The first kappa shape index (κ1) is 25.9. The van der Waals surface area contributed by atoms with Gasteiger partial charge in [0.15, 0.2) is 0 Å². The Hall–Kier alpha value is -3.23. The number of hydrogen-bond donors (Lipinski definition) is 1. The fraction of sp³-hybridized carbons (Fsp3) is 0.393. The minimum Gasteiger partial charge on any atom is -0.491 e. The summed E-state index contributed by atoms with van der Waals surface area (Å²) in [7, 11) is 1.64. The van der Waals surface area contributed by atoms with Crippen LogP contribution in [0.5, 0.6) is 5.75 Å². The molecule has 2 aliphatic rings. The molecule has 1 N–H and O–H groups in total. The van der Waals surface area contributed by atoms with Gasteiger partial charge in [0.1, 0.15) is 41.7 Å². The quantitative estimate of drug-likeness (QED) is 0.463. The Morgan fingerprint density at radius 1 is 1.28 bits per heavy atom. The monoisotopic (exact) mass is 497 g/mol. The third kappa shape index (κ3) is 5.94. The van der Waals surface area contributed by atoms with Gasteiger partial charge in [0.25, 0.3) is 0 Å². The van der Waals surface area contributed by atoms with Crippen molar-refractivity contribution in [2.75, 3.05) is 33.4 Å². The summed E-state index contributed by atoms with van der Waals surface area (Å²) in [5.41, 5.74) is 2.99. The van der Waals surface area contributed by atoms with Crippen LogP contribution in [0.3, 0.4) is 0 Å². The zero-order valence-corrected chi connectivity index (χ0v) is 21.0. The molecule has 1 saturated heterocycles. The van der Waals surface area contributed by atoms with Crippen molar-refractivity contribution in [2.24, 2.45) is 0 Å². The zero-order chi connectivity index (χ0) is 25.5. The summed E-state index contributed by atoms with van der Waals surface area (Å²) in [5, 5.41) is 3.61. The van der Waals surface area contributed by atoms with E-state index in [2.05, 4.69) is 18.3 Å². The summed E-state index contributed by atoms with van der Waals surface area (Å²) in [6, 6.07) is 6.38. The predicted octanol–water partition coefficient (Wildman–Crippen LogP) is 5.48. The number of nitrogens with zero attached hydrogens (tertiary/aromatic N) is 2. The number of aromatic nitrogens is 1. The van der Waals surface area contributed by atoms with Gasteiger partial charge in [-0.3, -0.25) is 0 Å². The third-order valence-corrected chi connectivity index (χ3v) is 6.07. The van der Waals surface area contributed by atoms with Gasteiger partial charge in [-0.05, 0) is 44.5 Å². The average Bonchev–Trinajstić information content (AvgIpc) is 2.87. The van der Waals surface area contributed by atoms with E-state index in [1.54, 1.807) is 7.11 Å². The van der Waals surface area contributed by atoms with Gasteiger partial charge < -0.3 is 24.4 Å². The first-order chi connectivity index (χ1) is 17.5. The number of allylic oxidation sites excluding steroid dienone is 4. The molecule has 0 radical (unpaired) electrons. The summed E-state index contributed by atoms with van der Waals surface area (Å²) in [6.45, 7) is 5.86. The zero-order valence-electron chi connectivity index (χ0n) is 21.0. The molecule has 0 bridgehead atoms. The van der Waals surface area contributed by atoms with E-state index in [0.29, 0.717) is 42.8 Å². The Bertz CT molecular complexity index is 1190. The van der Waals surface area contributed by atoms with Crippen LogP contribution in [0.1, 0.15) is 32.4 Å². The van der Waals surface area contributed by atoms with Crippen LogP contribution in [-0.4, -0.2) is 55.6 Å². The minimum atomic E-state index is -1.17. The van der Waals surface area contributed by atoms with Gasteiger partial charge in [0.2, 0.25) is 0 Å². The van der Waals surface area contributed by atoms with Crippen LogP contribution < -0.4 is 10.1 Å². The molecule has 2 atom stereocenters. The second-order valence-corrected chi connectivity index (χ2v) is 8.62. The van der Waals surface area contributed by atoms with E-state index in [1.807, 2.05) is 48.4 Å². The molecule has 4 rings (SSSR count). The number of benzene rings is 1. The van der Waals surface area contributed by atoms with Crippen LogP contribution in [0.25, 0.3) is 16.6 Å². The molecule has 2 unspecified atom stereocenters. The van der Waals surface area contributed by atoms with Gasteiger partial charge >= 0.3 is 0 Å². The van der Waals surface area contributed by atoms with Crippen molar-refractivity contribution in [3.05, 3.63) is 77.7 Å². The predicted molar refractivity (Wildman–Crippen MR) is 137 cm³/mol. The Morgan fingerprint density at radius 2 is 2.14 bits per heavy atom. The number of piperidine rings is 1. The van der Waals surface area contributed by atoms with Crippen LogP contribution in [0, 0.1) is 5.82 Å². The van der Waals surface area contributed by atoms with Crippen molar-refractivity contribution in [2.45, 2.75) is 39.0 Å². The fourth-order valence-corrected chi connectivity index (χ4v) is 4.32. The van der Waals surface area contributed by atoms with Crippen LogP contribution in [0.4, 0.5) is 8.78 Å². The van der Waals surface area contributed by atoms with Gasteiger partial charge in [-0.1, -0.05) is 25.1 Å². The summed E-state index contributed by atoms with van der Waals surface area (Å²) >= 11 is 0. The highest BCUT2D eigenvalue weighted by molar-refractivity contribution is 5.86. The van der Waals surface area contributed by atoms with Gasteiger partial charge in [-0.2, -0.15) is 0 Å². The van der Waals surface area contributed by atoms with Crippen molar-refractivity contribution in [3.8, 4) is 5.75 Å². The number of fused-ring (bicyclic) bond motifs is 1. The van der Waals surface area contributed by atoms with Gasteiger partial charge in [0, 0.05) is 43.1 Å². The van der Waals surface area contributed by atoms with Crippen molar-refractivity contribution >= 4 is 16.6 Å². The maximum Gasteiger partial charge on any atom is 0.149 e. The van der Waals surface area contributed by atoms with E-state index in [0.717, 1.165) is 23.6 Å². The van der Waals surface area contributed by atoms with Crippen LogP contribution >= 0.6 is 0 Å². The van der Waals surface area contributed by atoms with Crippen molar-refractivity contribution in [3.63, 3.8) is 0 Å². The summed E-state index contributed by atoms with van der Waals surface area (Å²) < 4.78 is 45.7. The highest BCUT2D eigenvalue weighted by Crippen LogP contribution is 2.33. The van der Waals surface area contributed by atoms with Crippen LogP contribution in [0.2, 0.25) is 0 Å². The molecular formula is C28H33F2N3O3. The number of halogens is 2. The molecule has 8 heteroatoms. The highest BCUT2D eigenvalue weighted by atomic mass is 19.1. The lowest BCUT2D eigenvalue weighted by molar-refractivity contribution is 0.0740. The highest BCUT2D eigenvalue weighted by Gasteiger charge is 2.27. The van der Waals surface area contributed by atoms with Crippen LogP contribution in [0.15, 0.2) is 66.2 Å². The lowest BCUT2D eigenvalue weighted by Gasteiger charge is -2.29. The molecular weight excluding hydrogens is 464 g/mol. The molecule has 2 aromatic rings. The van der Waals surface area contributed by atoms with Crippen LogP contribution in [-0.2, 0) is 9.47 Å². The first-order valence-corrected chi connectivity index (χ1v) is 12.3. The number of pyridine rings is 1. The van der Waals surface area contributed by atoms with E-state index in [-0.39, 0.29) is 12.3 Å². The number of rotatable bonds is 9. The molecule has 0 saturated carbocycles. The molecule has 1 aromatic heterocycles. The molecule has 2 aliphatic heterocycles. The summed E-state index contributed by atoms with van der Waals surface area (Å²) in [5.74, 6) is 0.559. The molecule has 36 heavy (non-hydrogen) atoms. The largest absolute Gasteiger partial charge is 0.491 e. The molecule has 0 spiro atoms. The smallest absolute Gasteiger partial charge is 0.149 e. The Kier molecular flexibility index (Phi) is 8.72. The number of methoxy groups -OCH3 is 1. The molecule has 192 valence electrons.